The molecule has 0 bridgehead atoms. The largest absolute Gasteiger partial charge is 0.480 e. The van der Waals surface area contributed by atoms with Crippen molar-refractivity contribution < 1.29 is 19.2 Å². The molecule has 2 rings (SSSR count). The summed E-state index contributed by atoms with van der Waals surface area (Å²) in [6.45, 7) is 3.83. The first kappa shape index (κ1) is 15.8. The van der Waals surface area contributed by atoms with E-state index >= 15 is 0 Å². The van der Waals surface area contributed by atoms with Gasteiger partial charge < -0.3 is 14.9 Å². The fourth-order valence-corrected chi connectivity index (χ4v) is 1.95. The van der Waals surface area contributed by atoms with Gasteiger partial charge in [0, 0.05) is 18.4 Å². The van der Waals surface area contributed by atoms with E-state index in [9.17, 15) is 14.7 Å². The molecule has 0 spiro atoms. The van der Waals surface area contributed by atoms with E-state index in [0.29, 0.717) is 5.76 Å². The minimum Gasteiger partial charge on any atom is -0.480 e. The molecular formula is C16H18N2O4. The first-order chi connectivity index (χ1) is 10.5. The van der Waals surface area contributed by atoms with Crippen LogP contribution in [-0.2, 0) is 11.2 Å². The Hall–Kier alpha value is -2.63. The maximum atomic E-state index is 12.1. The minimum absolute atomic E-state index is 0.0861. The second-order valence-corrected chi connectivity index (χ2v) is 5.32. The van der Waals surface area contributed by atoms with Crippen molar-refractivity contribution >= 4 is 11.9 Å². The molecule has 0 saturated carbocycles. The maximum Gasteiger partial charge on any atom is 0.326 e. The van der Waals surface area contributed by atoms with Gasteiger partial charge in [-0.15, -0.1) is 0 Å². The number of amides is 1. The van der Waals surface area contributed by atoms with Crippen LogP contribution < -0.4 is 5.32 Å². The lowest BCUT2D eigenvalue weighted by atomic mass is 10.1. The fourth-order valence-electron chi connectivity index (χ4n) is 1.95. The Morgan fingerprint density at radius 1 is 1.27 bits per heavy atom. The lowest BCUT2D eigenvalue weighted by Crippen LogP contribution is -2.42. The van der Waals surface area contributed by atoms with E-state index in [1.807, 2.05) is 44.2 Å². The minimum atomic E-state index is -1.09. The number of rotatable bonds is 6. The summed E-state index contributed by atoms with van der Waals surface area (Å²) in [6.07, 6.45) is 0.205. The van der Waals surface area contributed by atoms with E-state index in [1.165, 1.54) is 6.07 Å². The van der Waals surface area contributed by atoms with Crippen LogP contribution in [0.1, 0.15) is 41.6 Å². The average Bonchev–Trinajstić information content (AvgIpc) is 2.97. The van der Waals surface area contributed by atoms with Gasteiger partial charge in [0.25, 0.3) is 5.91 Å². The number of benzene rings is 1. The third-order valence-corrected chi connectivity index (χ3v) is 3.22. The van der Waals surface area contributed by atoms with E-state index in [-0.39, 0.29) is 18.0 Å². The molecule has 1 amide bonds. The highest BCUT2D eigenvalue weighted by Crippen LogP contribution is 2.15. The van der Waals surface area contributed by atoms with E-state index in [1.54, 1.807) is 0 Å². The summed E-state index contributed by atoms with van der Waals surface area (Å²) in [7, 11) is 0. The molecular weight excluding hydrogens is 284 g/mol. The van der Waals surface area contributed by atoms with Crippen LogP contribution in [0.4, 0.5) is 0 Å². The third kappa shape index (κ3) is 3.94. The number of carboxylic acid groups (broad SMARTS) is 1. The predicted octanol–water partition coefficient (Wildman–Crippen LogP) is 2.22. The van der Waals surface area contributed by atoms with E-state index in [2.05, 4.69) is 10.5 Å². The van der Waals surface area contributed by atoms with Crippen molar-refractivity contribution in [2.24, 2.45) is 0 Å². The van der Waals surface area contributed by atoms with Gasteiger partial charge in [0.05, 0.1) is 0 Å². The van der Waals surface area contributed by atoms with Gasteiger partial charge in [0.2, 0.25) is 0 Å². The van der Waals surface area contributed by atoms with Crippen LogP contribution in [0, 0.1) is 0 Å². The quantitative estimate of drug-likeness (QED) is 0.853. The zero-order valence-corrected chi connectivity index (χ0v) is 12.4. The molecule has 116 valence electrons. The first-order valence-electron chi connectivity index (χ1n) is 7.01. The highest BCUT2D eigenvalue weighted by molar-refractivity contribution is 5.95. The lowest BCUT2D eigenvalue weighted by molar-refractivity contribution is -0.139. The molecule has 0 radical (unpaired) electrons. The predicted molar refractivity (Wildman–Crippen MR) is 79.6 cm³/mol. The number of carboxylic acids is 1. The van der Waals surface area contributed by atoms with E-state index < -0.39 is 17.9 Å². The topological polar surface area (TPSA) is 92.4 Å². The van der Waals surface area contributed by atoms with Crippen molar-refractivity contribution in [3.05, 3.63) is 53.4 Å². The van der Waals surface area contributed by atoms with E-state index in [4.69, 9.17) is 4.52 Å². The van der Waals surface area contributed by atoms with Crippen molar-refractivity contribution in [3.8, 4) is 0 Å². The number of carbonyl (C=O) groups is 2. The molecule has 0 aliphatic carbocycles. The molecule has 0 aliphatic heterocycles. The molecule has 1 heterocycles. The zero-order chi connectivity index (χ0) is 16.1. The van der Waals surface area contributed by atoms with Gasteiger partial charge in [0.15, 0.2) is 5.69 Å². The van der Waals surface area contributed by atoms with Gasteiger partial charge in [-0.25, -0.2) is 4.79 Å². The van der Waals surface area contributed by atoms with Crippen LogP contribution in [0.15, 0.2) is 40.9 Å². The Bertz CT molecular complexity index is 649. The molecule has 0 saturated heterocycles. The number of aliphatic carboxylic acids is 1. The van der Waals surface area contributed by atoms with Gasteiger partial charge in [-0.1, -0.05) is 49.3 Å². The molecule has 2 N–H and O–H groups in total. The molecule has 2 aromatic rings. The maximum absolute atomic E-state index is 12.1. The fraction of sp³-hybridized carbons (Fsp3) is 0.312. The average molecular weight is 302 g/mol. The van der Waals surface area contributed by atoms with Crippen LogP contribution in [0.5, 0.6) is 0 Å². The molecule has 1 unspecified atom stereocenters. The van der Waals surface area contributed by atoms with Crippen LogP contribution in [0.3, 0.4) is 0 Å². The number of nitrogens with one attached hydrogen (secondary N) is 1. The molecule has 22 heavy (non-hydrogen) atoms. The van der Waals surface area contributed by atoms with Gasteiger partial charge in [0.1, 0.15) is 11.8 Å². The number of hydrogen-bond donors (Lipinski definition) is 2. The Kier molecular flexibility index (Phi) is 4.93. The smallest absolute Gasteiger partial charge is 0.326 e. The molecule has 1 aromatic carbocycles. The first-order valence-corrected chi connectivity index (χ1v) is 7.01. The SMILES string of the molecule is CC(C)c1cc(C(=O)NC(Cc2ccccc2)C(=O)O)no1. The van der Waals surface area contributed by atoms with Gasteiger partial charge in [-0.3, -0.25) is 4.79 Å². The standard InChI is InChI=1S/C16H18N2O4/c1-10(2)14-9-12(18-22-14)15(19)17-13(16(20)21)8-11-6-4-3-5-7-11/h3-7,9-10,13H,8H2,1-2H3,(H,17,19)(H,20,21). The highest BCUT2D eigenvalue weighted by atomic mass is 16.5. The Labute approximate surface area is 128 Å². The second-order valence-electron chi connectivity index (χ2n) is 5.32. The highest BCUT2D eigenvalue weighted by Gasteiger charge is 2.23. The molecule has 0 aliphatic rings. The van der Waals surface area contributed by atoms with Crippen molar-refractivity contribution in [3.63, 3.8) is 0 Å². The van der Waals surface area contributed by atoms with Crippen LogP contribution in [0.2, 0.25) is 0 Å². The summed E-state index contributed by atoms with van der Waals surface area (Å²) < 4.78 is 5.05. The molecule has 1 atom stereocenters. The van der Waals surface area contributed by atoms with E-state index in [0.717, 1.165) is 5.56 Å². The van der Waals surface area contributed by atoms with Crippen molar-refractivity contribution in [1.29, 1.82) is 0 Å². The Balaban J connectivity index is 2.07. The van der Waals surface area contributed by atoms with Crippen LogP contribution >= 0.6 is 0 Å². The van der Waals surface area contributed by atoms with Crippen molar-refractivity contribution in [2.75, 3.05) is 0 Å². The molecule has 1 aromatic heterocycles. The summed E-state index contributed by atoms with van der Waals surface area (Å²) >= 11 is 0. The molecule has 6 heteroatoms. The van der Waals surface area contributed by atoms with Gasteiger partial charge >= 0.3 is 5.97 Å². The normalized spacial score (nSPS) is 12.1. The zero-order valence-electron chi connectivity index (χ0n) is 12.4. The summed E-state index contributed by atoms with van der Waals surface area (Å²) in [5.41, 5.74) is 0.918. The van der Waals surface area contributed by atoms with Crippen molar-refractivity contribution in [1.82, 2.24) is 10.5 Å². The number of aromatic nitrogens is 1. The third-order valence-electron chi connectivity index (χ3n) is 3.22. The number of carbonyl (C=O) groups excluding carboxylic acids is 1. The van der Waals surface area contributed by atoms with Crippen LogP contribution in [0.25, 0.3) is 0 Å². The summed E-state index contributed by atoms with van der Waals surface area (Å²) in [4.78, 5) is 23.4. The monoisotopic (exact) mass is 302 g/mol. The molecule has 6 nitrogen and oxygen atoms in total. The summed E-state index contributed by atoms with van der Waals surface area (Å²) in [6, 6.07) is 9.63. The number of hydrogen-bond acceptors (Lipinski definition) is 4. The lowest BCUT2D eigenvalue weighted by Gasteiger charge is -2.13. The van der Waals surface area contributed by atoms with Crippen LogP contribution in [-0.4, -0.2) is 28.2 Å². The Morgan fingerprint density at radius 2 is 1.95 bits per heavy atom. The van der Waals surface area contributed by atoms with Crippen molar-refractivity contribution in [2.45, 2.75) is 32.2 Å². The summed E-state index contributed by atoms with van der Waals surface area (Å²) in [5.74, 6) is -0.961. The number of nitrogens with zero attached hydrogens (tertiary/aromatic N) is 1. The Morgan fingerprint density at radius 3 is 2.50 bits per heavy atom. The second kappa shape index (κ2) is 6.89. The molecule has 0 fully saturated rings. The van der Waals surface area contributed by atoms with Gasteiger partial charge in [-0.05, 0) is 5.56 Å². The summed E-state index contributed by atoms with van der Waals surface area (Å²) in [5, 5.41) is 15.4. The van der Waals surface area contributed by atoms with Gasteiger partial charge in [-0.2, -0.15) is 0 Å².